The van der Waals surface area contributed by atoms with E-state index in [-0.39, 0.29) is 17.6 Å². The van der Waals surface area contributed by atoms with E-state index < -0.39 is 0 Å². The zero-order valence-electron chi connectivity index (χ0n) is 18.7. The summed E-state index contributed by atoms with van der Waals surface area (Å²) in [6.45, 7) is 1.86. The van der Waals surface area contributed by atoms with Gasteiger partial charge in [0.25, 0.3) is 5.91 Å². The van der Waals surface area contributed by atoms with Crippen LogP contribution in [0.5, 0.6) is 5.75 Å². The molecular formula is C27H23ClN2O3S. The number of hydrogen-bond acceptors (Lipinski definition) is 4. The van der Waals surface area contributed by atoms with Gasteiger partial charge in [0, 0.05) is 27.2 Å². The lowest BCUT2D eigenvalue weighted by molar-refractivity contribution is -0.113. The molecule has 34 heavy (non-hydrogen) atoms. The fraction of sp³-hybridized carbons (Fsp3) is 0.111. The monoisotopic (exact) mass is 490 g/mol. The van der Waals surface area contributed by atoms with E-state index in [0.29, 0.717) is 27.7 Å². The number of thioether (sulfide) groups is 1. The standard InChI is InChI=1S/C27H23ClN2O3S/c1-17-12-24(25(33-2)15-23(17)28)30-26(31)16-34-22-9-5-8-21(14-22)29-27(32)20-11-10-18-6-3-4-7-19(18)13-20/h3-15H,16H2,1-2H3,(H,29,32)(H,30,31). The molecule has 172 valence electrons. The Bertz CT molecular complexity index is 1370. The number of methoxy groups -OCH3 is 1. The van der Waals surface area contributed by atoms with Crippen LogP contribution in [-0.2, 0) is 4.79 Å². The SMILES string of the molecule is COc1cc(Cl)c(C)cc1NC(=O)CSc1cccc(NC(=O)c2ccc3ccccc3c2)c1. The highest BCUT2D eigenvalue weighted by Crippen LogP contribution is 2.31. The van der Waals surface area contributed by atoms with Crippen LogP contribution in [-0.4, -0.2) is 24.7 Å². The summed E-state index contributed by atoms with van der Waals surface area (Å²) in [4.78, 5) is 26.1. The Morgan fingerprint density at radius 1 is 0.912 bits per heavy atom. The van der Waals surface area contributed by atoms with E-state index in [4.69, 9.17) is 16.3 Å². The Morgan fingerprint density at radius 3 is 2.50 bits per heavy atom. The third kappa shape index (κ3) is 5.71. The molecule has 0 aliphatic heterocycles. The van der Waals surface area contributed by atoms with E-state index in [2.05, 4.69) is 10.6 Å². The number of nitrogens with one attached hydrogen (secondary N) is 2. The highest BCUT2D eigenvalue weighted by atomic mass is 35.5. The lowest BCUT2D eigenvalue weighted by Gasteiger charge is -2.12. The molecule has 0 unspecified atom stereocenters. The minimum atomic E-state index is -0.184. The van der Waals surface area contributed by atoms with Gasteiger partial charge in [0.15, 0.2) is 0 Å². The van der Waals surface area contributed by atoms with Crippen LogP contribution in [0.25, 0.3) is 10.8 Å². The van der Waals surface area contributed by atoms with Crippen molar-refractivity contribution in [2.45, 2.75) is 11.8 Å². The van der Waals surface area contributed by atoms with Gasteiger partial charge in [-0.25, -0.2) is 0 Å². The third-order valence-electron chi connectivity index (χ3n) is 5.23. The summed E-state index contributed by atoms with van der Waals surface area (Å²) in [5, 5.41) is 8.48. The molecule has 0 saturated carbocycles. The molecule has 0 radical (unpaired) electrons. The number of benzene rings is 4. The Kier molecular flexibility index (Phi) is 7.40. The second-order valence-electron chi connectivity index (χ2n) is 7.68. The number of fused-ring (bicyclic) bond motifs is 1. The first-order valence-electron chi connectivity index (χ1n) is 10.6. The highest BCUT2D eigenvalue weighted by molar-refractivity contribution is 8.00. The predicted octanol–water partition coefficient (Wildman–Crippen LogP) is 6.79. The third-order valence-corrected chi connectivity index (χ3v) is 6.63. The van der Waals surface area contributed by atoms with Crippen LogP contribution in [0, 0.1) is 6.92 Å². The predicted molar refractivity (Wildman–Crippen MR) is 140 cm³/mol. The zero-order valence-corrected chi connectivity index (χ0v) is 20.3. The summed E-state index contributed by atoms with van der Waals surface area (Å²) in [5.41, 5.74) is 2.67. The van der Waals surface area contributed by atoms with Crippen molar-refractivity contribution in [3.63, 3.8) is 0 Å². The van der Waals surface area contributed by atoms with Crippen molar-refractivity contribution < 1.29 is 14.3 Å². The number of hydrogen-bond donors (Lipinski definition) is 2. The highest BCUT2D eigenvalue weighted by Gasteiger charge is 2.12. The van der Waals surface area contributed by atoms with E-state index in [9.17, 15) is 9.59 Å². The average molecular weight is 491 g/mol. The van der Waals surface area contributed by atoms with Crippen LogP contribution in [0.15, 0.2) is 83.8 Å². The maximum absolute atomic E-state index is 12.7. The summed E-state index contributed by atoms with van der Waals surface area (Å²) < 4.78 is 5.31. The lowest BCUT2D eigenvalue weighted by Crippen LogP contribution is -2.15. The molecule has 0 heterocycles. The molecule has 4 aromatic rings. The van der Waals surface area contributed by atoms with E-state index in [1.165, 1.54) is 18.9 Å². The normalized spacial score (nSPS) is 10.7. The first-order chi connectivity index (χ1) is 16.4. The number of carbonyl (C=O) groups excluding carboxylic acids is 2. The molecule has 0 saturated heterocycles. The maximum atomic E-state index is 12.7. The molecule has 0 aliphatic rings. The average Bonchev–Trinajstić information content (AvgIpc) is 2.84. The molecule has 7 heteroatoms. The Labute approximate surface area is 207 Å². The van der Waals surface area contributed by atoms with Gasteiger partial charge >= 0.3 is 0 Å². The number of rotatable bonds is 7. The summed E-state index contributed by atoms with van der Waals surface area (Å²) in [5.74, 6) is 0.353. The molecule has 2 N–H and O–H groups in total. The van der Waals surface area contributed by atoms with Gasteiger partial charge in [0.1, 0.15) is 5.75 Å². The summed E-state index contributed by atoms with van der Waals surface area (Å²) in [6, 6.07) is 24.4. The van der Waals surface area contributed by atoms with Crippen LogP contribution in [0.4, 0.5) is 11.4 Å². The fourth-order valence-corrected chi connectivity index (χ4v) is 4.37. The van der Waals surface area contributed by atoms with Crippen molar-refractivity contribution in [1.29, 1.82) is 0 Å². The van der Waals surface area contributed by atoms with Crippen LogP contribution in [0.3, 0.4) is 0 Å². The van der Waals surface area contributed by atoms with Crippen LogP contribution >= 0.6 is 23.4 Å². The molecule has 0 spiro atoms. The van der Waals surface area contributed by atoms with Crippen molar-refractivity contribution in [3.8, 4) is 5.75 Å². The van der Waals surface area contributed by atoms with Crippen molar-refractivity contribution in [3.05, 3.63) is 95.0 Å². The van der Waals surface area contributed by atoms with Gasteiger partial charge in [-0.3, -0.25) is 9.59 Å². The Hall–Kier alpha value is -3.48. The van der Waals surface area contributed by atoms with E-state index in [1.54, 1.807) is 12.1 Å². The number of carbonyl (C=O) groups is 2. The Balaban J connectivity index is 1.38. The number of aryl methyl sites for hydroxylation is 1. The quantitative estimate of drug-likeness (QED) is 0.280. The first-order valence-corrected chi connectivity index (χ1v) is 12.0. The Morgan fingerprint density at radius 2 is 1.71 bits per heavy atom. The van der Waals surface area contributed by atoms with Gasteiger partial charge in [-0.05, 0) is 59.7 Å². The number of amides is 2. The molecule has 0 aromatic heterocycles. The summed E-state index contributed by atoms with van der Waals surface area (Å²) in [6.07, 6.45) is 0. The van der Waals surface area contributed by atoms with E-state index in [1.807, 2.05) is 73.7 Å². The zero-order chi connectivity index (χ0) is 24.1. The van der Waals surface area contributed by atoms with Gasteiger partial charge in [0.05, 0.1) is 18.6 Å². The molecule has 4 aromatic carbocycles. The lowest BCUT2D eigenvalue weighted by atomic mass is 10.1. The van der Waals surface area contributed by atoms with Crippen molar-refractivity contribution in [2.24, 2.45) is 0 Å². The summed E-state index contributed by atoms with van der Waals surface area (Å²) in [7, 11) is 1.53. The van der Waals surface area contributed by atoms with Crippen LogP contribution in [0.1, 0.15) is 15.9 Å². The van der Waals surface area contributed by atoms with Crippen molar-refractivity contribution in [1.82, 2.24) is 0 Å². The second-order valence-corrected chi connectivity index (χ2v) is 9.14. The molecular weight excluding hydrogens is 468 g/mol. The summed E-state index contributed by atoms with van der Waals surface area (Å²) >= 11 is 7.51. The largest absolute Gasteiger partial charge is 0.495 e. The van der Waals surface area contributed by atoms with Gasteiger partial charge in [-0.1, -0.05) is 48.0 Å². The molecule has 4 rings (SSSR count). The number of anilines is 2. The van der Waals surface area contributed by atoms with E-state index >= 15 is 0 Å². The smallest absolute Gasteiger partial charge is 0.255 e. The van der Waals surface area contributed by atoms with Crippen molar-refractivity contribution in [2.75, 3.05) is 23.5 Å². The minimum Gasteiger partial charge on any atom is -0.495 e. The van der Waals surface area contributed by atoms with Gasteiger partial charge in [-0.2, -0.15) is 0 Å². The van der Waals surface area contributed by atoms with Gasteiger partial charge < -0.3 is 15.4 Å². The van der Waals surface area contributed by atoms with Crippen molar-refractivity contribution >= 4 is 57.3 Å². The van der Waals surface area contributed by atoms with E-state index in [0.717, 1.165) is 21.2 Å². The van der Waals surface area contributed by atoms with Crippen LogP contribution in [0.2, 0.25) is 5.02 Å². The number of ether oxygens (including phenoxy) is 1. The molecule has 0 bridgehead atoms. The maximum Gasteiger partial charge on any atom is 0.255 e. The first kappa shape index (κ1) is 23.7. The van der Waals surface area contributed by atoms with Gasteiger partial charge in [0.2, 0.25) is 5.91 Å². The fourth-order valence-electron chi connectivity index (χ4n) is 3.46. The van der Waals surface area contributed by atoms with Gasteiger partial charge in [-0.15, -0.1) is 11.8 Å². The molecule has 0 atom stereocenters. The molecule has 0 fully saturated rings. The second kappa shape index (κ2) is 10.6. The minimum absolute atomic E-state index is 0.171. The van der Waals surface area contributed by atoms with Crippen LogP contribution < -0.4 is 15.4 Å². The molecule has 2 amide bonds. The molecule has 0 aliphatic carbocycles. The topological polar surface area (TPSA) is 67.4 Å². The molecule has 5 nitrogen and oxygen atoms in total. The number of halogens is 1.